The molecule has 2 N–H and O–H groups in total. The van der Waals surface area contributed by atoms with E-state index in [-0.39, 0.29) is 5.91 Å². The maximum absolute atomic E-state index is 12.2. The van der Waals surface area contributed by atoms with Gasteiger partial charge in [-0.3, -0.25) is 4.79 Å². The van der Waals surface area contributed by atoms with Crippen molar-refractivity contribution in [1.29, 1.82) is 0 Å². The highest BCUT2D eigenvalue weighted by molar-refractivity contribution is 9.10. The third-order valence-electron chi connectivity index (χ3n) is 2.47. The molecule has 1 amide bonds. The van der Waals surface area contributed by atoms with E-state index in [9.17, 15) is 4.79 Å². The second-order valence-electron chi connectivity index (χ2n) is 3.73. The summed E-state index contributed by atoms with van der Waals surface area (Å²) in [4.78, 5) is 16.2. The topological polar surface area (TPSA) is 54.0 Å². The van der Waals surface area contributed by atoms with E-state index in [1.54, 1.807) is 43.6 Å². The van der Waals surface area contributed by atoms with Gasteiger partial charge in [0.2, 0.25) is 0 Å². The van der Waals surface area contributed by atoms with Gasteiger partial charge in [0.05, 0.1) is 10.6 Å². The molecule has 1 aromatic carbocycles. The molecule has 98 valence electrons. The van der Waals surface area contributed by atoms with Crippen molar-refractivity contribution in [2.45, 2.75) is 0 Å². The van der Waals surface area contributed by atoms with Gasteiger partial charge in [-0.2, -0.15) is 0 Å². The van der Waals surface area contributed by atoms with Crippen molar-refractivity contribution in [3.05, 3.63) is 51.6 Å². The predicted octanol–water partition coefficient (Wildman–Crippen LogP) is 3.79. The Kier molecular flexibility index (Phi) is 4.39. The van der Waals surface area contributed by atoms with Gasteiger partial charge in [0.1, 0.15) is 5.82 Å². The fourth-order valence-corrected chi connectivity index (χ4v) is 2.06. The molecule has 0 spiro atoms. The number of halogens is 2. The van der Waals surface area contributed by atoms with Crippen LogP contribution >= 0.6 is 27.5 Å². The molecular formula is C13H11BrClN3O. The van der Waals surface area contributed by atoms with Gasteiger partial charge in [-0.05, 0) is 46.3 Å². The van der Waals surface area contributed by atoms with Crippen molar-refractivity contribution in [3.63, 3.8) is 0 Å². The van der Waals surface area contributed by atoms with Crippen molar-refractivity contribution in [3.8, 4) is 0 Å². The number of nitrogens with zero attached hydrogens (tertiary/aromatic N) is 1. The van der Waals surface area contributed by atoms with E-state index < -0.39 is 0 Å². The second-order valence-corrected chi connectivity index (χ2v) is 4.99. The maximum atomic E-state index is 12.2. The molecule has 0 saturated heterocycles. The first kappa shape index (κ1) is 13.8. The van der Waals surface area contributed by atoms with E-state index in [0.717, 1.165) is 4.47 Å². The molecule has 1 aromatic heterocycles. The van der Waals surface area contributed by atoms with E-state index in [1.165, 1.54) is 0 Å². The van der Waals surface area contributed by atoms with Crippen LogP contribution in [-0.4, -0.2) is 17.9 Å². The molecule has 0 unspecified atom stereocenters. The number of pyridine rings is 1. The maximum Gasteiger partial charge on any atom is 0.259 e. The number of hydrogen-bond donors (Lipinski definition) is 2. The number of rotatable bonds is 3. The Morgan fingerprint density at radius 1 is 1.37 bits per heavy atom. The lowest BCUT2D eigenvalue weighted by Gasteiger charge is -2.09. The Bertz CT molecular complexity index is 619. The molecule has 4 nitrogen and oxygen atoms in total. The lowest BCUT2D eigenvalue weighted by Crippen LogP contribution is -2.14. The van der Waals surface area contributed by atoms with Crippen LogP contribution in [0.15, 0.2) is 41.0 Å². The van der Waals surface area contributed by atoms with E-state index in [0.29, 0.717) is 22.1 Å². The Balaban J connectivity index is 2.23. The zero-order valence-electron chi connectivity index (χ0n) is 10.1. The normalized spacial score (nSPS) is 10.1. The zero-order chi connectivity index (χ0) is 13.8. The van der Waals surface area contributed by atoms with Crippen molar-refractivity contribution < 1.29 is 4.79 Å². The summed E-state index contributed by atoms with van der Waals surface area (Å²) >= 11 is 9.21. The third-order valence-corrected chi connectivity index (χ3v) is 3.68. The first-order valence-electron chi connectivity index (χ1n) is 5.51. The average molecular weight is 341 g/mol. The van der Waals surface area contributed by atoms with E-state index in [4.69, 9.17) is 11.6 Å². The second kappa shape index (κ2) is 6.04. The smallest absolute Gasteiger partial charge is 0.259 e. The summed E-state index contributed by atoms with van der Waals surface area (Å²) in [5.41, 5.74) is 1.14. The monoisotopic (exact) mass is 339 g/mol. The summed E-state index contributed by atoms with van der Waals surface area (Å²) in [6.45, 7) is 0. The van der Waals surface area contributed by atoms with Gasteiger partial charge in [0.15, 0.2) is 0 Å². The number of carbonyl (C=O) groups excluding carboxylic acids is 1. The highest BCUT2D eigenvalue weighted by atomic mass is 79.9. The molecule has 0 aliphatic heterocycles. The Hall–Kier alpha value is -1.59. The van der Waals surface area contributed by atoms with Crippen LogP contribution in [0.2, 0.25) is 5.02 Å². The quantitative estimate of drug-likeness (QED) is 0.894. The molecular weight excluding hydrogens is 330 g/mol. The zero-order valence-corrected chi connectivity index (χ0v) is 12.4. The standard InChI is InChI=1S/C13H11BrClN3O/c1-16-12-9(3-2-6-17-12)13(19)18-8-4-5-11(15)10(14)7-8/h2-7H,1H3,(H,16,17)(H,18,19). The molecule has 0 atom stereocenters. The van der Waals surface area contributed by atoms with Crippen LogP contribution < -0.4 is 10.6 Å². The van der Waals surface area contributed by atoms with E-state index >= 15 is 0 Å². The third kappa shape index (κ3) is 3.24. The molecule has 0 aliphatic carbocycles. The summed E-state index contributed by atoms with van der Waals surface area (Å²) in [6.07, 6.45) is 1.63. The number of benzene rings is 1. The van der Waals surface area contributed by atoms with Crippen molar-refractivity contribution in [2.24, 2.45) is 0 Å². The van der Waals surface area contributed by atoms with Crippen LogP contribution in [-0.2, 0) is 0 Å². The molecule has 0 bridgehead atoms. The summed E-state index contributed by atoms with van der Waals surface area (Å²) in [7, 11) is 1.72. The van der Waals surface area contributed by atoms with Gasteiger partial charge < -0.3 is 10.6 Å². The van der Waals surface area contributed by atoms with Crippen molar-refractivity contribution in [1.82, 2.24) is 4.98 Å². The molecule has 0 fully saturated rings. The lowest BCUT2D eigenvalue weighted by molar-refractivity contribution is 0.102. The van der Waals surface area contributed by atoms with Crippen molar-refractivity contribution in [2.75, 3.05) is 17.7 Å². The Morgan fingerprint density at radius 2 is 2.16 bits per heavy atom. The molecule has 0 radical (unpaired) electrons. The fourth-order valence-electron chi connectivity index (χ4n) is 1.56. The summed E-state index contributed by atoms with van der Waals surface area (Å²) in [5.74, 6) is 0.305. The first-order chi connectivity index (χ1) is 9.11. The van der Waals surface area contributed by atoms with Gasteiger partial charge in [-0.15, -0.1) is 0 Å². The molecule has 6 heteroatoms. The largest absolute Gasteiger partial charge is 0.372 e. The summed E-state index contributed by atoms with van der Waals surface area (Å²) in [6, 6.07) is 8.62. The number of hydrogen-bond acceptors (Lipinski definition) is 3. The number of nitrogens with one attached hydrogen (secondary N) is 2. The minimum absolute atomic E-state index is 0.230. The molecule has 1 heterocycles. The molecule has 0 aliphatic rings. The Morgan fingerprint density at radius 3 is 2.84 bits per heavy atom. The highest BCUT2D eigenvalue weighted by Gasteiger charge is 2.11. The van der Waals surface area contributed by atoms with Crippen LogP contribution in [0.5, 0.6) is 0 Å². The van der Waals surface area contributed by atoms with Crippen LogP contribution in [0.1, 0.15) is 10.4 Å². The van der Waals surface area contributed by atoms with Crippen LogP contribution in [0.3, 0.4) is 0 Å². The number of anilines is 2. The number of carbonyl (C=O) groups is 1. The Labute approximate surface area is 124 Å². The van der Waals surface area contributed by atoms with Crippen LogP contribution in [0, 0.1) is 0 Å². The minimum atomic E-state index is -0.230. The number of amides is 1. The predicted molar refractivity (Wildman–Crippen MR) is 80.9 cm³/mol. The molecule has 0 saturated carbocycles. The van der Waals surface area contributed by atoms with Crippen LogP contribution in [0.25, 0.3) is 0 Å². The van der Waals surface area contributed by atoms with Gasteiger partial charge in [-0.25, -0.2) is 4.98 Å². The summed E-state index contributed by atoms with van der Waals surface area (Å²) < 4.78 is 0.729. The average Bonchev–Trinajstić information content (AvgIpc) is 2.43. The minimum Gasteiger partial charge on any atom is -0.372 e. The van der Waals surface area contributed by atoms with Gasteiger partial charge in [0.25, 0.3) is 5.91 Å². The first-order valence-corrected chi connectivity index (χ1v) is 6.68. The van der Waals surface area contributed by atoms with Gasteiger partial charge >= 0.3 is 0 Å². The molecule has 2 aromatic rings. The van der Waals surface area contributed by atoms with Gasteiger partial charge in [-0.1, -0.05) is 11.6 Å². The van der Waals surface area contributed by atoms with Gasteiger partial charge in [0, 0.05) is 23.4 Å². The molecule has 2 rings (SSSR count). The lowest BCUT2D eigenvalue weighted by atomic mass is 10.2. The molecule has 19 heavy (non-hydrogen) atoms. The fraction of sp³-hybridized carbons (Fsp3) is 0.0769. The van der Waals surface area contributed by atoms with E-state index in [1.807, 2.05) is 0 Å². The van der Waals surface area contributed by atoms with E-state index in [2.05, 4.69) is 31.5 Å². The number of aromatic nitrogens is 1. The summed E-state index contributed by atoms with van der Waals surface area (Å²) in [5, 5.41) is 6.27. The SMILES string of the molecule is CNc1ncccc1C(=O)Nc1ccc(Cl)c(Br)c1. The highest BCUT2D eigenvalue weighted by Crippen LogP contribution is 2.26. The van der Waals surface area contributed by atoms with Crippen LogP contribution in [0.4, 0.5) is 11.5 Å². The van der Waals surface area contributed by atoms with Crippen molar-refractivity contribution >= 4 is 44.9 Å².